The van der Waals surface area contributed by atoms with Gasteiger partial charge in [-0.2, -0.15) is 0 Å². The van der Waals surface area contributed by atoms with E-state index in [0.29, 0.717) is 12.3 Å². The largest absolute Gasteiger partial charge is 0.497 e. The van der Waals surface area contributed by atoms with E-state index in [1.807, 2.05) is 6.07 Å². The lowest BCUT2D eigenvalue weighted by Crippen LogP contribution is -2.21. The smallest absolute Gasteiger partial charge is 0.255 e. The summed E-state index contributed by atoms with van der Waals surface area (Å²) in [7, 11) is 1.61. The molecule has 1 rings (SSSR count). The van der Waals surface area contributed by atoms with Gasteiger partial charge in [0.15, 0.2) is 6.61 Å². The summed E-state index contributed by atoms with van der Waals surface area (Å²) in [5.41, 5.74) is 6.01. The van der Waals surface area contributed by atoms with Crippen LogP contribution in [0.4, 0.5) is 0 Å². The van der Waals surface area contributed by atoms with Gasteiger partial charge in [0.25, 0.3) is 5.91 Å². The minimum atomic E-state index is -0.488. The Bertz CT molecular complexity index is 394. The number of rotatable bonds is 8. The molecule has 0 aliphatic heterocycles. The quantitative estimate of drug-likeness (QED) is 0.678. The van der Waals surface area contributed by atoms with Crippen LogP contribution >= 0.6 is 0 Å². The van der Waals surface area contributed by atoms with Crippen molar-refractivity contribution < 1.29 is 14.3 Å². The summed E-state index contributed by atoms with van der Waals surface area (Å²) in [4.78, 5) is 10.7. The summed E-state index contributed by atoms with van der Waals surface area (Å²) >= 11 is 0. The maximum absolute atomic E-state index is 10.7. The van der Waals surface area contributed by atoms with Gasteiger partial charge < -0.3 is 20.5 Å². The van der Waals surface area contributed by atoms with E-state index in [4.69, 9.17) is 15.2 Å². The molecule has 0 aromatic heterocycles. The summed E-state index contributed by atoms with van der Waals surface area (Å²) in [6.07, 6.45) is 1.06. The molecule has 0 saturated carbocycles. The van der Waals surface area contributed by atoms with Gasteiger partial charge in [0, 0.05) is 12.1 Å². The van der Waals surface area contributed by atoms with E-state index < -0.39 is 5.91 Å². The minimum absolute atomic E-state index is 0.118. The van der Waals surface area contributed by atoms with E-state index in [9.17, 15) is 4.79 Å². The molecule has 0 aliphatic rings. The number of benzene rings is 1. The van der Waals surface area contributed by atoms with Gasteiger partial charge in [-0.15, -0.1) is 0 Å². The molecule has 5 nitrogen and oxygen atoms in total. The maximum Gasteiger partial charge on any atom is 0.255 e. The Labute approximate surface area is 107 Å². The fourth-order valence-electron chi connectivity index (χ4n) is 1.51. The number of hydrogen-bond donors (Lipinski definition) is 2. The standard InChI is InChI=1S/C13H20N2O3/c1-3-6-15-8-10-7-11(17-2)4-5-12(10)18-9-13(14)16/h4-5,7,15H,3,6,8-9H2,1-2H3,(H2,14,16). The Kier molecular flexibility index (Phi) is 6.00. The molecule has 0 unspecified atom stereocenters. The van der Waals surface area contributed by atoms with Gasteiger partial charge >= 0.3 is 0 Å². The maximum atomic E-state index is 10.7. The van der Waals surface area contributed by atoms with Crippen LogP contribution in [0, 0.1) is 0 Å². The average molecular weight is 252 g/mol. The zero-order valence-corrected chi connectivity index (χ0v) is 10.9. The first kappa shape index (κ1) is 14.3. The fraction of sp³-hybridized carbons (Fsp3) is 0.462. The molecule has 0 spiro atoms. The third-order valence-corrected chi connectivity index (χ3v) is 2.38. The molecule has 1 aromatic carbocycles. The average Bonchev–Trinajstić information content (AvgIpc) is 2.37. The predicted molar refractivity (Wildman–Crippen MR) is 69.7 cm³/mol. The van der Waals surface area contributed by atoms with Crippen molar-refractivity contribution in [3.05, 3.63) is 23.8 Å². The van der Waals surface area contributed by atoms with E-state index in [-0.39, 0.29) is 6.61 Å². The zero-order valence-electron chi connectivity index (χ0n) is 10.9. The van der Waals surface area contributed by atoms with Gasteiger partial charge in [0.1, 0.15) is 11.5 Å². The Morgan fingerprint density at radius 2 is 2.22 bits per heavy atom. The first-order valence-electron chi connectivity index (χ1n) is 5.96. The minimum Gasteiger partial charge on any atom is -0.497 e. The highest BCUT2D eigenvalue weighted by molar-refractivity contribution is 5.75. The summed E-state index contributed by atoms with van der Waals surface area (Å²) in [6, 6.07) is 5.46. The Hall–Kier alpha value is -1.75. The molecule has 0 saturated heterocycles. The van der Waals surface area contributed by atoms with Crippen LogP contribution in [-0.2, 0) is 11.3 Å². The molecule has 100 valence electrons. The number of amides is 1. The number of ether oxygens (including phenoxy) is 2. The summed E-state index contributed by atoms with van der Waals surface area (Å²) in [6.45, 7) is 3.57. The highest BCUT2D eigenvalue weighted by Gasteiger charge is 2.06. The van der Waals surface area contributed by atoms with Crippen LogP contribution < -0.4 is 20.5 Å². The van der Waals surface area contributed by atoms with Crippen LogP contribution in [0.25, 0.3) is 0 Å². The van der Waals surface area contributed by atoms with Crippen LogP contribution in [0.1, 0.15) is 18.9 Å². The van der Waals surface area contributed by atoms with Crippen LogP contribution in [0.5, 0.6) is 11.5 Å². The second-order valence-electron chi connectivity index (χ2n) is 3.91. The van der Waals surface area contributed by atoms with Crippen molar-refractivity contribution in [2.24, 2.45) is 5.73 Å². The van der Waals surface area contributed by atoms with Gasteiger partial charge in [0.2, 0.25) is 0 Å². The highest BCUT2D eigenvalue weighted by Crippen LogP contribution is 2.24. The normalized spacial score (nSPS) is 10.1. The van der Waals surface area contributed by atoms with E-state index in [2.05, 4.69) is 12.2 Å². The summed E-state index contributed by atoms with van der Waals surface area (Å²) in [5.74, 6) is 0.922. The first-order valence-corrected chi connectivity index (χ1v) is 5.96. The molecule has 0 radical (unpaired) electrons. The second kappa shape index (κ2) is 7.55. The number of primary amides is 1. The van der Waals surface area contributed by atoms with Crippen molar-refractivity contribution in [3.8, 4) is 11.5 Å². The highest BCUT2D eigenvalue weighted by atomic mass is 16.5. The monoisotopic (exact) mass is 252 g/mol. The molecule has 0 atom stereocenters. The van der Waals surface area contributed by atoms with E-state index in [1.54, 1.807) is 19.2 Å². The molecule has 0 bridgehead atoms. The third kappa shape index (κ3) is 4.63. The fourth-order valence-corrected chi connectivity index (χ4v) is 1.51. The second-order valence-corrected chi connectivity index (χ2v) is 3.91. The summed E-state index contributed by atoms with van der Waals surface area (Å²) < 4.78 is 10.5. The number of nitrogens with one attached hydrogen (secondary N) is 1. The molecule has 1 aromatic rings. The zero-order chi connectivity index (χ0) is 13.4. The molecular formula is C13H20N2O3. The van der Waals surface area contributed by atoms with Crippen LogP contribution in [-0.4, -0.2) is 26.2 Å². The molecule has 1 amide bonds. The van der Waals surface area contributed by atoms with Gasteiger partial charge in [0.05, 0.1) is 7.11 Å². The molecule has 5 heteroatoms. The SMILES string of the molecule is CCCNCc1cc(OC)ccc1OCC(N)=O. The lowest BCUT2D eigenvalue weighted by Gasteiger charge is -2.12. The molecule has 0 aliphatic carbocycles. The van der Waals surface area contributed by atoms with E-state index in [1.165, 1.54) is 0 Å². The molecule has 3 N–H and O–H groups in total. The Morgan fingerprint density at radius 1 is 1.44 bits per heavy atom. The topological polar surface area (TPSA) is 73.6 Å². The van der Waals surface area contributed by atoms with Crippen molar-refractivity contribution in [1.29, 1.82) is 0 Å². The van der Waals surface area contributed by atoms with Gasteiger partial charge in [-0.25, -0.2) is 0 Å². The number of nitrogens with two attached hydrogens (primary N) is 1. The van der Waals surface area contributed by atoms with Crippen molar-refractivity contribution in [1.82, 2.24) is 5.32 Å². The molecule has 18 heavy (non-hydrogen) atoms. The molecule has 0 heterocycles. The van der Waals surface area contributed by atoms with Crippen molar-refractivity contribution in [2.45, 2.75) is 19.9 Å². The van der Waals surface area contributed by atoms with E-state index >= 15 is 0 Å². The number of carbonyl (C=O) groups is 1. The van der Waals surface area contributed by atoms with Crippen LogP contribution in [0.3, 0.4) is 0 Å². The first-order chi connectivity index (χ1) is 8.67. The Morgan fingerprint density at radius 3 is 2.83 bits per heavy atom. The number of methoxy groups -OCH3 is 1. The van der Waals surface area contributed by atoms with Gasteiger partial charge in [-0.3, -0.25) is 4.79 Å². The molecule has 0 fully saturated rings. The van der Waals surface area contributed by atoms with Crippen LogP contribution in [0.15, 0.2) is 18.2 Å². The van der Waals surface area contributed by atoms with Gasteiger partial charge in [-0.05, 0) is 31.2 Å². The predicted octanol–water partition coefficient (Wildman–Crippen LogP) is 1.06. The Balaban J connectivity index is 2.75. The van der Waals surface area contributed by atoms with Crippen molar-refractivity contribution in [2.75, 3.05) is 20.3 Å². The lowest BCUT2D eigenvalue weighted by molar-refractivity contribution is -0.119. The van der Waals surface area contributed by atoms with Crippen molar-refractivity contribution in [3.63, 3.8) is 0 Å². The molecular weight excluding hydrogens is 232 g/mol. The van der Waals surface area contributed by atoms with E-state index in [0.717, 1.165) is 24.3 Å². The summed E-state index contributed by atoms with van der Waals surface area (Å²) in [5, 5.41) is 3.28. The number of hydrogen-bond acceptors (Lipinski definition) is 4. The van der Waals surface area contributed by atoms with Gasteiger partial charge in [-0.1, -0.05) is 6.92 Å². The lowest BCUT2D eigenvalue weighted by atomic mass is 10.2. The third-order valence-electron chi connectivity index (χ3n) is 2.38. The van der Waals surface area contributed by atoms with Crippen molar-refractivity contribution >= 4 is 5.91 Å². The van der Waals surface area contributed by atoms with Crippen LogP contribution in [0.2, 0.25) is 0 Å². The number of carbonyl (C=O) groups excluding carboxylic acids is 1.